The van der Waals surface area contributed by atoms with Crippen molar-refractivity contribution in [1.29, 1.82) is 0 Å². The summed E-state index contributed by atoms with van der Waals surface area (Å²) in [6.45, 7) is 0. The van der Waals surface area contributed by atoms with E-state index in [1.807, 2.05) is 46.9 Å². The molecule has 1 heterocycles. The highest BCUT2D eigenvalue weighted by molar-refractivity contribution is 14.1. The molecule has 0 amide bonds. The fraction of sp³-hybridized carbons (Fsp3) is 0.0909. The molecule has 0 aliphatic rings. The van der Waals surface area contributed by atoms with Crippen molar-refractivity contribution in [2.45, 2.75) is 9.92 Å². The number of nitrogens with one attached hydrogen (secondary N) is 1. The average Bonchev–Trinajstić information content (AvgIpc) is 2.36. The van der Waals surface area contributed by atoms with Crippen molar-refractivity contribution < 1.29 is 4.74 Å². The number of aromatic nitrogens is 2. The topological polar surface area (TPSA) is 55.0 Å². The van der Waals surface area contributed by atoms with E-state index in [9.17, 15) is 4.79 Å². The standard InChI is InChI=1S/C11H9IN2O2S/c1-16-7-2-4-8(5-3-7)17-11-9(12)10(15)13-6-14-11/h2-6H,1H3,(H,13,14,15). The summed E-state index contributed by atoms with van der Waals surface area (Å²) in [6.07, 6.45) is 1.41. The van der Waals surface area contributed by atoms with Gasteiger partial charge in [0.05, 0.1) is 13.4 Å². The average molecular weight is 360 g/mol. The summed E-state index contributed by atoms with van der Waals surface area (Å²) in [5.74, 6) is 0.808. The number of H-pyrrole nitrogens is 1. The molecule has 1 N–H and O–H groups in total. The maximum atomic E-state index is 11.4. The Labute approximate surface area is 116 Å². The van der Waals surface area contributed by atoms with Crippen molar-refractivity contribution in [3.63, 3.8) is 0 Å². The molecule has 0 radical (unpaired) electrons. The number of aromatic amines is 1. The van der Waals surface area contributed by atoms with Crippen LogP contribution in [0.4, 0.5) is 0 Å². The van der Waals surface area contributed by atoms with E-state index in [0.717, 1.165) is 10.6 Å². The van der Waals surface area contributed by atoms with E-state index < -0.39 is 0 Å². The van der Waals surface area contributed by atoms with Gasteiger partial charge in [-0.3, -0.25) is 4.79 Å². The molecule has 1 aromatic heterocycles. The molecule has 4 nitrogen and oxygen atoms in total. The molecule has 0 unspecified atom stereocenters. The van der Waals surface area contributed by atoms with E-state index in [-0.39, 0.29) is 5.56 Å². The summed E-state index contributed by atoms with van der Waals surface area (Å²) in [4.78, 5) is 19.1. The van der Waals surface area contributed by atoms with Crippen LogP contribution in [-0.4, -0.2) is 17.1 Å². The molecule has 2 aromatic rings. The number of halogens is 1. The lowest BCUT2D eigenvalue weighted by atomic mass is 10.3. The van der Waals surface area contributed by atoms with Gasteiger partial charge in [-0.05, 0) is 46.9 Å². The maximum Gasteiger partial charge on any atom is 0.265 e. The zero-order chi connectivity index (χ0) is 12.3. The van der Waals surface area contributed by atoms with Crippen LogP contribution in [0.3, 0.4) is 0 Å². The van der Waals surface area contributed by atoms with Crippen LogP contribution in [0.2, 0.25) is 0 Å². The fourth-order valence-electron chi connectivity index (χ4n) is 1.19. The largest absolute Gasteiger partial charge is 0.497 e. The van der Waals surface area contributed by atoms with Gasteiger partial charge in [-0.25, -0.2) is 4.98 Å². The fourth-order valence-corrected chi connectivity index (χ4v) is 2.60. The number of benzene rings is 1. The Morgan fingerprint density at radius 3 is 2.71 bits per heavy atom. The normalized spacial score (nSPS) is 10.2. The van der Waals surface area contributed by atoms with Crippen molar-refractivity contribution in [1.82, 2.24) is 9.97 Å². The molecule has 2 rings (SSSR count). The van der Waals surface area contributed by atoms with Crippen molar-refractivity contribution >= 4 is 34.4 Å². The van der Waals surface area contributed by atoms with Crippen LogP contribution < -0.4 is 10.3 Å². The lowest BCUT2D eigenvalue weighted by Crippen LogP contribution is -2.10. The highest BCUT2D eigenvalue weighted by Crippen LogP contribution is 2.28. The summed E-state index contributed by atoms with van der Waals surface area (Å²) in [5, 5.41) is 0.708. The van der Waals surface area contributed by atoms with E-state index >= 15 is 0 Å². The number of methoxy groups -OCH3 is 1. The van der Waals surface area contributed by atoms with Gasteiger partial charge in [-0.2, -0.15) is 0 Å². The van der Waals surface area contributed by atoms with Crippen LogP contribution in [0.5, 0.6) is 5.75 Å². The minimum absolute atomic E-state index is 0.114. The molecule has 17 heavy (non-hydrogen) atoms. The quantitative estimate of drug-likeness (QED) is 0.675. The van der Waals surface area contributed by atoms with Crippen LogP contribution in [0.25, 0.3) is 0 Å². The smallest absolute Gasteiger partial charge is 0.265 e. The molecule has 0 saturated heterocycles. The summed E-state index contributed by atoms with van der Waals surface area (Å²) >= 11 is 3.45. The van der Waals surface area contributed by atoms with E-state index in [2.05, 4.69) is 9.97 Å². The molecule has 0 atom stereocenters. The van der Waals surface area contributed by atoms with Crippen LogP contribution in [0.15, 0.2) is 45.3 Å². The lowest BCUT2D eigenvalue weighted by Gasteiger charge is -2.03. The van der Waals surface area contributed by atoms with Crippen molar-refractivity contribution in [3.05, 3.63) is 44.5 Å². The lowest BCUT2D eigenvalue weighted by molar-refractivity contribution is 0.414. The Morgan fingerprint density at radius 1 is 1.35 bits per heavy atom. The Morgan fingerprint density at radius 2 is 2.06 bits per heavy atom. The van der Waals surface area contributed by atoms with Crippen molar-refractivity contribution in [2.75, 3.05) is 7.11 Å². The minimum atomic E-state index is -0.114. The molecule has 0 fully saturated rings. The Balaban J connectivity index is 2.25. The molecule has 0 aliphatic carbocycles. The van der Waals surface area contributed by atoms with E-state index in [4.69, 9.17) is 4.74 Å². The monoisotopic (exact) mass is 360 g/mol. The molecule has 1 aromatic carbocycles. The Kier molecular flexibility index (Phi) is 4.06. The van der Waals surface area contributed by atoms with Gasteiger partial charge < -0.3 is 9.72 Å². The number of ether oxygens (including phenoxy) is 1. The van der Waals surface area contributed by atoms with E-state index in [1.54, 1.807) is 7.11 Å². The summed E-state index contributed by atoms with van der Waals surface area (Å²) in [6, 6.07) is 7.62. The molecule has 0 saturated carbocycles. The van der Waals surface area contributed by atoms with E-state index in [1.165, 1.54) is 18.1 Å². The van der Waals surface area contributed by atoms with Crippen LogP contribution in [0, 0.1) is 3.57 Å². The third-order valence-corrected chi connectivity index (χ3v) is 4.42. The number of hydrogen-bond donors (Lipinski definition) is 1. The first-order valence-corrected chi connectivity index (χ1v) is 6.65. The summed E-state index contributed by atoms with van der Waals surface area (Å²) < 4.78 is 5.68. The first kappa shape index (κ1) is 12.4. The SMILES string of the molecule is COc1ccc(Sc2nc[nH]c(=O)c2I)cc1. The number of hydrogen-bond acceptors (Lipinski definition) is 4. The predicted molar refractivity (Wildman–Crippen MR) is 74.7 cm³/mol. The zero-order valence-electron chi connectivity index (χ0n) is 8.94. The first-order chi connectivity index (χ1) is 8.20. The molecule has 0 spiro atoms. The second kappa shape index (κ2) is 5.54. The molecule has 88 valence electrons. The number of nitrogens with zero attached hydrogens (tertiary/aromatic N) is 1. The number of rotatable bonds is 3. The van der Waals surface area contributed by atoms with Gasteiger partial charge in [0.1, 0.15) is 14.3 Å². The molecular formula is C11H9IN2O2S. The Hall–Kier alpha value is -1.02. The van der Waals surface area contributed by atoms with Gasteiger partial charge in [0.15, 0.2) is 0 Å². The Bertz CT molecular complexity index is 568. The third-order valence-electron chi connectivity index (χ3n) is 2.04. The van der Waals surface area contributed by atoms with Crippen molar-refractivity contribution in [3.8, 4) is 5.75 Å². The third kappa shape index (κ3) is 3.01. The minimum Gasteiger partial charge on any atom is -0.497 e. The predicted octanol–water partition coefficient (Wildman–Crippen LogP) is 2.53. The summed E-state index contributed by atoms with van der Waals surface area (Å²) in [7, 11) is 1.63. The van der Waals surface area contributed by atoms with Crippen LogP contribution in [0.1, 0.15) is 0 Å². The second-order valence-electron chi connectivity index (χ2n) is 3.13. The van der Waals surface area contributed by atoms with Crippen LogP contribution >= 0.6 is 34.4 Å². The highest BCUT2D eigenvalue weighted by Gasteiger charge is 2.07. The molecule has 6 heteroatoms. The van der Waals surface area contributed by atoms with Crippen LogP contribution in [-0.2, 0) is 0 Å². The van der Waals surface area contributed by atoms with Gasteiger partial charge in [0.2, 0.25) is 0 Å². The van der Waals surface area contributed by atoms with E-state index in [0.29, 0.717) is 8.60 Å². The maximum absolute atomic E-state index is 11.4. The molecule has 0 bridgehead atoms. The van der Waals surface area contributed by atoms with Gasteiger partial charge in [-0.15, -0.1) is 0 Å². The van der Waals surface area contributed by atoms with Crippen molar-refractivity contribution in [2.24, 2.45) is 0 Å². The van der Waals surface area contributed by atoms with Gasteiger partial charge in [0.25, 0.3) is 5.56 Å². The van der Waals surface area contributed by atoms with Gasteiger partial charge in [-0.1, -0.05) is 11.8 Å². The zero-order valence-corrected chi connectivity index (χ0v) is 11.9. The summed E-state index contributed by atoms with van der Waals surface area (Å²) in [5.41, 5.74) is -0.114. The molecule has 0 aliphatic heterocycles. The van der Waals surface area contributed by atoms with Gasteiger partial charge >= 0.3 is 0 Å². The van der Waals surface area contributed by atoms with Gasteiger partial charge in [0, 0.05) is 4.90 Å². The molecular weight excluding hydrogens is 351 g/mol. The second-order valence-corrected chi connectivity index (χ2v) is 5.27. The first-order valence-electron chi connectivity index (χ1n) is 4.76. The highest BCUT2D eigenvalue weighted by atomic mass is 127.